The summed E-state index contributed by atoms with van der Waals surface area (Å²) in [6.45, 7) is 0. The first kappa shape index (κ1) is 54.3. The Morgan fingerprint density at radius 3 is 0.667 bits per heavy atom. The van der Waals surface area contributed by atoms with E-state index in [4.69, 9.17) is 20.7 Å². The van der Waals surface area contributed by atoms with E-state index >= 15 is 0 Å². The van der Waals surface area contributed by atoms with Crippen LogP contribution in [0.25, 0.3) is 0 Å². The molecule has 338 valence electrons. The minimum atomic E-state index is -4.35. The van der Waals surface area contributed by atoms with Crippen molar-refractivity contribution >= 4 is 93.5 Å². The van der Waals surface area contributed by atoms with Gasteiger partial charge in [0.15, 0.2) is 0 Å². The Kier molecular flexibility index (Phi) is 23.7. The van der Waals surface area contributed by atoms with Gasteiger partial charge in [-0.3, -0.25) is 0 Å². The van der Waals surface area contributed by atoms with Crippen LogP contribution < -0.4 is 0 Å². The molecule has 66 heavy (non-hydrogen) atoms. The molecule has 0 atom stereocenters. The predicted octanol–water partition coefficient (Wildman–Crippen LogP) is 12.0. The van der Waals surface area contributed by atoms with E-state index in [1.54, 1.807) is 0 Å². The van der Waals surface area contributed by atoms with Crippen molar-refractivity contribution in [2.45, 2.75) is 35.5 Å². The number of benzene rings is 8. The molecule has 0 bridgehead atoms. The van der Waals surface area contributed by atoms with Gasteiger partial charge in [0.2, 0.25) is 0 Å². The molecule has 10 heteroatoms. The van der Waals surface area contributed by atoms with Crippen LogP contribution in [0.3, 0.4) is 0 Å². The van der Waals surface area contributed by atoms with Crippen molar-refractivity contribution in [1.29, 1.82) is 0 Å². The fourth-order valence-electron chi connectivity index (χ4n) is 8.12. The molecule has 8 aromatic carbocycles. The number of hydrogen-bond donors (Lipinski definition) is 0. The molecular weight excluding hydrogens is 1280 g/mol. The summed E-state index contributed by atoms with van der Waals surface area (Å²) < 4.78 is 23.1. The number of halogens is 2. The topological polar surface area (TPSA) is 81.5 Å². The summed E-state index contributed by atoms with van der Waals surface area (Å²) in [6, 6.07) is 85.7. The second-order valence-corrected chi connectivity index (χ2v) is 59.4. The van der Waals surface area contributed by atoms with Crippen molar-refractivity contribution in [2.75, 3.05) is 0 Å². The standard InChI is InChI=1S/8C7H7.2ClH.2H2O.2O.4Sn/c8*1-7-5-3-2-4-6-7;;;;;;;;;;/h8*2-6H,1H2;2*1H;2*1H2;;;;;;/q;;;;;;;;;;;;;;;;2*+1/p-2. The summed E-state index contributed by atoms with van der Waals surface area (Å²) in [7, 11) is 16.2. The molecule has 4 nitrogen and oxygen atoms in total. The molecule has 0 spiro atoms. The van der Waals surface area contributed by atoms with Gasteiger partial charge in [-0.2, -0.15) is 0 Å². The van der Waals surface area contributed by atoms with Crippen molar-refractivity contribution in [3.63, 3.8) is 0 Å². The molecule has 0 aromatic heterocycles. The summed E-state index contributed by atoms with van der Waals surface area (Å²) in [4.78, 5) is 0. The Morgan fingerprint density at radius 2 is 0.455 bits per heavy atom. The summed E-state index contributed by atoms with van der Waals surface area (Å²) >= 11 is -12.7. The van der Waals surface area contributed by atoms with E-state index in [0.29, 0.717) is 0 Å². The van der Waals surface area contributed by atoms with Crippen molar-refractivity contribution in [3.05, 3.63) is 287 Å². The molecule has 0 heterocycles. The van der Waals surface area contributed by atoms with Gasteiger partial charge in [-0.05, 0) is 0 Å². The van der Waals surface area contributed by atoms with Gasteiger partial charge in [0.25, 0.3) is 0 Å². The van der Waals surface area contributed by atoms with E-state index in [1.165, 1.54) is 53.4 Å². The van der Waals surface area contributed by atoms with Crippen LogP contribution in [-0.4, -0.2) is 86.6 Å². The summed E-state index contributed by atoms with van der Waals surface area (Å²) in [5.41, 5.74) is 10.4. The fraction of sp³-hybridized carbons (Fsp3) is 0.143. The van der Waals surface area contributed by atoms with Gasteiger partial charge in [0.05, 0.1) is 0 Å². The summed E-state index contributed by atoms with van der Waals surface area (Å²) in [6.07, 6.45) is 0. The van der Waals surface area contributed by atoms with Gasteiger partial charge >= 0.3 is 419 Å². The van der Waals surface area contributed by atoms with Gasteiger partial charge in [-0.25, -0.2) is 0 Å². The van der Waals surface area contributed by atoms with Crippen molar-refractivity contribution in [2.24, 2.45) is 0 Å². The third kappa shape index (κ3) is 18.7. The van der Waals surface area contributed by atoms with Crippen LogP contribution in [0, 0.1) is 0 Å². The van der Waals surface area contributed by atoms with Crippen LogP contribution in [0.5, 0.6) is 0 Å². The Bertz CT molecular complexity index is 2240. The van der Waals surface area contributed by atoms with E-state index in [0.717, 1.165) is 26.6 Å². The first-order valence-corrected chi connectivity index (χ1v) is 50.2. The van der Waals surface area contributed by atoms with Gasteiger partial charge < -0.3 is 11.0 Å². The van der Waals surface area contributed by atoms with Crippen LogP contribution in [0.15, 0.2) is 243 Å². The Hall–Kier alpha value is -2.63. The zero-order chi connectivity index (χ0) is 44.2. The van der Waals surface area contributed by atoms with Gasteiger partial charge in [0, 0.05) is 0 Å². The van der Waals surface area contributed by atoms with Gasteiger partial charge in [-0.1, -0.05) is 0 Å². The maximum absolute atomic E-state index is 8.11. The molecule has 2 radical (unpaired) electrons. The van der Waals surface area contributed by atoms with Crippen molar-refractivity contribution in [1.82, 2.24) is 0 Å². The van der Waals surface area contributed by atoms with Crippen molar-refractivity contribution < 1.29 is 13.8 Å². The first-order chi connectivity index (χ1) is 31.3. The van der Waals surface area contributed by atoms with E-state index in [2.05, 4.69) is 243 Å². The van der Waals surface area contributed by atoms with Crippen LogP contribution in [0.2, 0.25) is 0 Å². The normalized spacial score (nSPS) is 11.3. The third-order valence-electron chi connectivity index (χ3n) is 11.0. The van der Waals surface area contributed by atoms with E-state index in [1.807, 2.05) is 0 Å². The molecule has 8 rings (SSSR count). The average molecular weight is 1340 g/mol. The zero-order valence-electron chi connectivity index (χ0n) is 37.3. The van der Waals surface area contributed by atoms with E-state index < -0.39 is 54.5 Å². The molecule has 0 saturated carbocycles. The second kappa shape index (κ2) is 28.8. The molecule has 0 aliphatic rings. The van der Waals surface area contributed by atoms with Crippen molar-refractivity contribution in [3.8, 4) is 0 Å². The van der Waals surface area contributed by atoms with Crippen LogP contribution in [-0.2, 0) is 38.3 Å². The van der Waals surface area contributed by atoms with Crippen LogP contribution in [0.1, 0.15) is 44.5 Å². The first-order valence-electron chi connectivity index (χ1n) is 22.1. The Labute approximate surface area is 424 Å². The average Bonchev–Trinajstić information content (AvgIpc) is 3.31. The van der Waals surface area contributed by atoms with Crippen LogP contribution >= 0.6 is 17.8 Å². The number of rotatable bonds is 20. The molecule has 0 saturated heterocycles. The van der Waals surface area contributed by atoms with Gasteiger partial charge in [-0.15, -0.1) is 0 Å². The molecule has 0 aliphatic carbocycles. The van der Waals surface area contributed by atoms with E-state index in [9.17, 15) is 0 Å². The fourth-order valence-corrected chi connectivity index (χ4v) is 92.2. The van der Waals surface area contributed by atoms with Crippen LogP contribution in [0.4, 0.5) is 0 Å². The summed E-state index contributed by atoms with van der Waals surface area (Å²) in [5.74, 6) is 0. The summed E-state index contributed by atoms with van der Waals surface area (Å²) in [5, 5.41) is 0. The molecule has 0 fully saturated rings. The quantitative estimate of drug-likeness (QED) is 0.0713. The second-order valence-electron chi connectivity index (χ2n) is 16.4. The monoisotopic (exact) mass is 1350 g/mol. The minimum absolute atomic E-state index is 0. The SMILES string of the molecule is O.O.[Cl][Sn]([CH2]c1ccccc1)([CH2]c1ccccc1)[O][Sn]([CH2]c1ccccc1)([CH2]c1ccccc1)[O][Sn]([Cl])([CH2]c1ccccc1)[CH2]c1ccccc1.c1ccc([CH2][Sn][CH2]c2ccccc2)cc1. The molecule has 0 aliphatic heterocycles. The third-order valence-corrected chi connectivity index (χ3v) is 73.8. The zero-order valence-corrected chi connectivity index (χ0v) is 50.3. The molecule has 8 aromatic rings. The molecule has 0 amide bonds. The molecular formula is C56H60Cl2O4Sn4. The molecule has 0 unspecified atom stereocenters. The predicted molar refractivity (Wildman–Crippen MR) is 285 cm³/mol. The number of hydrogen-bond acceptors (Lipinski definition) is 2. The Balaban J connectivity index is 0.000000407. The molecule has 4 N–H and O–H groups in total. The van der Waals surface area contributed by atoms with E-state index in [-0.39, 0.29) is 32.1 Å². The van der Waals surface area contributed by atoms with Gasteiger partial charge in [0.1, 0.15) is 0 Å². The maximum atomic E-state index is 8.11. The Morgan fingerprint density at radius 1 is 0.273 bits per heavy atom.